The Morgan fingerprint density at radius 3 is 2.60 bits per heavy atom. The zero-order chi connectivity index (χ0) is 24.7. The highest BCUT2D eigenvalue weighted by Crippen LogP contribution is 2.35. The molecule has 7 nitrogen and oxygen atoms in total. The van der Waals surface area contributed by atoms with Crippen LogP contribution in [0.4, 0.5) is 5.82 Å². The largest absolute Gasteiger partial charge is 0.353 e. The van der Waals surface area contributed by atoms with Gasteiger partial charge in [-0.3, -0.25) is 18.9 Å². The van der Waals surface area contributed by atoms with Gasteiger partial charge in [0, 0.05) is 37.4 Å². The van der Waals surface area contributed by atoms with Crippen molar-refractivity contribution >= 4 is 63.3 Å². The van der Waals surface area contributed by atoms with Crippen LogP contribution in [0.3, 0.4) is 0 Å². The van der Waals surface area contributed by atoms with E-state index in [1.807, 2.05) is 37.3 Å². The van der Waals surface area contributed by atoms with E-state index in [0.29, 0.717) is 31.3 Å². The summed E-state index contributed by atoms with van der Waals surface area (Å²) in [4.78, 5) is 38.2. The van der Waals surface area contributed by atoms with E-state index in [9.17, 15) is 9.59 Å². The lowest BCUT2D eigenvalue weighted by molar-refractivity contribution is -0.122. The van der Waals surface area contributed by atoms with Crippen molar-refractivity contribution in [2.75, 3.05) is 38.1 Å². The number of carbonyl (C=O) groups excluding carboxylic acids is 1. The van der Waals surface area contributed by atoms with E-state index in [2.05, 4.69) is 16.8 Å². The van der Waals surface area contributed by atoms with Crippen LogP contribution in [0.25, 0.3) is 11.7 Å². The van der Waals surface area contributed by atoms with Crippen molar-refractivity contribution in [1.29, 1.82) is 0 Å². The topological polar surface area (TPSA) is 61.2 Å². The Bertz CT molecular complexity index is 1430. The number of nitrogens with zero attached hydrogens (tertiary/aromatic N) is 5. The molecule has 4 heterocycles. The Balaban J connectivity index is 1.58. The number of rotatable bonds is 4. The van der Waals surface area contributed by atoms with Crippen molar-refractivity contribution in [2.24, 2.45) is 0 Å². The molecule has 0 aliphatic carbocycles. The van der Waals surface area contributed by atoms with E-state index in [1.165, 1.54) is 16.7 Å². The number of aryl methyl sites for hydroxylation is 1. The Labute approximate surface area is 218 Å². The van der Waals surface area contributed by atoms with Gasteiger partial charge in [-0.1, -0.05) is 59.8 Å². The maximum absolute atomic E-state index is 13.7. The van der Waals surface area contributed by atoms with Gasteiger partial charge in [-0.25, -0.2) is 4.98 Å². The molecule has 2 saturated heterocycles. The summed E-state index contributed by atoms with van der Waals surface area (Å²) in [5, 5.41) is 0.579. The molecule has 5 rings (SSSR count). The number of piperazine rings is 1. The van der Waals surface area contributed by atoms with Crippen LogP contribution in [0.15, 0.2) is 52.3 Å². The molecule has 0 bridgehead atoms. The number of aromatic nitrogens is 2. The second-order valence-corrected chi connectivity index (χ2v) is 10.8. The number of carbonyl (C=O) groups is 1. The van der Waals surface area contributed by atoms with Crippen LogP contribution >= 0.6 is 35.6 Å². The number of hydrogen-bond donors (Lipinski definition) is 0. The second-order valence-electron chi connectivity index (χ2n) is 8.69. The highest BCUT2D eigenvalue weighted by atomic mass is 35.5. The first kappa shape index (κ1) is 24.0. The predicted octanol–water partition coefficient (Wildman–Crippen LogP) is 3.81. The maximum atomic E-state index is 13.7. The molecule has 0 saturated carbocycles. The molecule has 0 spiro atoms. The molecular formula is C25H24ClN5O2S2. The third-order valence-electron chi connectivity index (χ3n) is 6.30. The van der Waals surface area contributed by atoms with E-state index < -0.39 is 0 Å². The molecule has 2 fully saturated rings. The summed E-state index contributed by atoms with van der Waals surface area (Å²) >= 11 is 13.0. The fraction of sp³-hybridized carbons (Fsp3) is 0.280. The minimum atomic E-state index is -0.238. The molecule has 10 heteroatoms. The van der Waals surface area contributed by atoms with Gasteiger partial charge in [0.2, 0.25) is 0 Å². The van der Waals surface area contributed by atoms with Gasteiger partial charge < -0.3 is 9.80 Å². The van der Waals surface area contributed by atoms with E-state index in [1.54, 1.807) is 22.7 Å². The Hall–Kier alpha value is -2.72. The smallest absolute Gasteiger partial charge is 0.267 e. The summed E-state index contributed by atoms with van der Waals surface area (Å²) in [6.45, 7) is 5.46. The monoisotopic (exact) mass is 525 g/mol. The number of halogens is 1. The van der Waals surface area contributed by atoms with Crippen LogP contribution < -0.4 is 10.5 Å². The van der Waals surface area contributed by atoms with Gasteiger partial charge in [0.25, 0.3) is 11.5 Å². The van der Waals surface area contributed by atoms with Crippen LogP contribution in [0.5, 0.6) is 0 Å². The van der Waals surface area contributed by atoms with E-state index >= 15 is 0 Å². The SMILES string of the molecule is Cc1cccn2c(=O)c(C=C3SC(=S)N(Cc4ccccc4Cl)C3=O)c(N3CCN(C)CC3)nc12. The lowest BCUT2D eigenvalue weighted by atomic mass is 10.2. The standard InChI is InChI=1S/C25H24ClN5O2S2/c1-16-6-5-9-30-21(16)27-22(29-12-10-28(2)11-13-29)18(23(30)32)14-20-24(33)31(25(34)35-20)15-17-7-3-4-8-19(17)26/h3-9,14H,10-13,15H2,1-2H3. The van der Waals surface area contributed by atoms with Gasteiger partial charge in [-0.05, 0) is 43.3 Å². The molecular weight excluding hydrogens is 502 g/mol. The van der Waals surface area contributed by atoms with E-state index in [4.69, 9.17) is 28.8 Å². The van der Waals surface area contributed by atoms with Crippen LogP contribution in [-0.4, -0.2) is 62.6 Å². The summed E-state index contributed by atoms with van der Waals surface area (Å²) in [6, 6.07) is 11.1. The van der Waals surface area contributed by atoms with Gasteiger partial charge in [-0.2, -0.15) is 0 Å². The van der Waals surface area contributed by atoms with Gasteiger partial charge in [-0.15, -0.1) is 0 Å². The Kier molecular flexibility index (Phi) is 6.67. The van der Waals surface area contributed by atoms with Crippen molar-refractivity contribution in [3.8, 4) is 0 Å². The van der Waals surface area contributed by atoms with Gasteiger partial charge in [0.05, 0.1) is 17.0 Å². The number of likely N-dealkylation sites (N-methyl/N-ethyl adjacent to an activating group) is 1. The van der Waals surface area contributed by atoms with Crippen molar-refractivity contribution in [1.82, 2.24) is 19.2 Å². The summed E-state index contributed by atoms with van der Waals surface area (Å²) < 4.78 is 1.98. The number of hydrogen-bond acceptors (Lipinski definition) is 7. The van der Waals surface area contributed by atoms with Crippen molar-refractivity contribution in [3.63, 3.8) is 0 Å². The Morgan fingerprint density at radius 1 is 1.11 bits per heavy atom. The fourth-order valence-corrected chi connectivity index (χ4v) is 5.68. The molecule has 180 valence electrons. The van der Waals surface area contributed by atoms with E-state index in [-0.39, 0.29) is 18.0 Å². The minimum absolute atomic E-state index is 0.205. The van der Waals surface area contributed by atoms with Crippen molar-refractivity contribution < 1.29 is 4.79 Å². The van der Waals surface area contributed by atoms with Crippen LogP contribution in [0, 0.1) is 6.92 Å². The minimum Gasteiger partial charge on any atom is -0.353 e. The van der Waals surface area contributed by atoms with Gasteiger partial charge in [0.1, 0.15) is 15.8 Å². The molecule has 1 amide bonds. The highest BCUT2D eigenvalue weighted by molar-refractivity contribution is 8.26. The number of anilines is 1. The first-order chi connectivity index (χ1) is 16.8. The number of thiocarbonyl (C=S) groups is 1. The molecule has 0 N–H and O–H groups in total. The molecule has 35 heavy (non-hydrogen) atoms. The molecule has 0 atom stereocenters. The average Bonchev–Trinajstić information content (AvgIpc) is 3.10. The number of fused-ring (bicyclic) bond motifs is 1. The van der Waals surface area contributed by atoms with Crippen molar-refractivity contribution in [3.05, 3.63) is 79.6 Å². The summed E-state index contributed by atoms with van der Waals surface area (Å²) in [5.41, 5.74) is 2.54. The lowest BCUT2D eigenvalue weighted by Crippen LogP contribution is -2.45. The summed E-state index contributed by atoms with van der Waals surface area (Å²) in [7, 11) is 2.08. The third kappa shape index (κ3) is 4.61. The molecule has 0 unspecified atom stereocenters. The van der Waals surface area contributed by atoms with Crippen LogP contribution in [0.1, 0.15) is 16.7 Å². The van der Waals surface area contributed by atoms with Crippen LogP contribution in [0.2, 0.25) is 5.02 Å². The molecule has 2 aliphatic heterocycles. The third-order valence-corrected chi connectivity index (χ3v) is 8.05. The van der Waals surface area contributed by atoms with Gasteiger partial charge in [0.15, 0.2) is 0 Å². The fourth-order valence-electron chi connectivity index (χ4n) is 4.25. The lowest BCUT2D eigenvalue weighted by Gasteiger charge is -2.34. The first-order valence-corrected chi connectivity index (χ1v) is 12.9. The molecule has 3 aromatic rings. The summed E-state index contributed by atoms with van der Waals surface area (Å²) in [6.07, 6.45) is 3.37. The maximum Gasteiger partial charge on any atom is 0.267 e. The number of thioether (sulfide) groups is 1. The number of benzene rings is 1. The Morgan fingerprint density at radius 2 is 1.86 bits per heavy atom. The average molecular weight is 526 g/mol. The quantitative estimate of drug-likeness (QED) is 0.379. The zero-order valence-corrected chi connectivity index (χ0v) is 21.8. The highest BCUT2D eigenvalue weighted by Gasteiger charge is 2.33. The summed E-state index contributed by atoms with van der Waals surface area (Å²) in [5.74, 6) is 0.367. The first-order valence-electron chi connectivity index (χ1n) is 11.3. The molecule has 1 aromatic carbocycles. The van der Waals surface area contributed by atoms with Crippen molar-refractivity contribution in [2.45, 2.75) is 13.5 Å². The molecule has 0 radical (unpaired) electrons. The normalized spacial score (nSPS) is 18.3. The zero-order valence-electron chi connectivity index (χ0n) is 19.4. The second kappa shape index (κ2) is 9.73. The van der Waals surface area contributed by atoms with E-state index in [0.717, 1.165) is 37.3 Å². The van der Waals surface area contributed by atoms with Gasteiger partial charge >= 0.3 is 0 Å². The predicted molar refractivity (Wildman–Crippen MR) is 146 cm³/mol. The number of amides is 1. The van der Waals surface area contributed by atoms with Crippen LogP contribution in [-0.2, 0) is 11.3 Å². The molecule has 2 aromatic heterocycles. The molecule has 2 aliphatic rings. The number of pyridine rings is 1.